The molecule has 2 rings (SSSR count). The molecule has 0 bridgehead atoms. The Morgan fingerprint density at radius 3 is 2.64 bits per heavy atom. The highest BCUT2D eigenvalue weighted by Crippen LogP contribution is 2.06. The molecule has 0 heterocycles. The summed E-state index contributed by atoms with van der Waals surface area (Å²) in [6.45, 7) is 3.09. The molecule has 22 heavy (non-hydrogen) atoms. The fourth-order valence-corrected chi connectivity index (χ4v) is 2.04. The lowest BCUT2D eigenvalue weighted by Crippen LogP contribution is -2.36. The number of amides is 2. The zero-order valence-corrected chi connectivity index (χ0v) is 12.5. The van der Waals surface area contributed by atoms with Crippen molar-refractivity contribution in [2.75, 3.05) is 6.54 Å². The number of urea groups is 1. The molecule has 0 aliphatic heterocycles. The Morgan fingerprint density at radius 2 is 1.95 bits per heavy atom. The number of benzene rings is 2. The summed E-state index contributed by atoms with van der Waals surface area (Å²) in [6, 6.07) is 15.8. The van der Waals surface area contributed by atoms with Gasteiger partial charge in [-0.2, -0.15) is 0 Å². The van der Waals surface area contributed by atoms with Crippen LogP contribution >= 0.6 is 0 Å². The number of rotatable bonds is 5. The maximum absolute atomic E-state index is 13.0. The van der Waals surface area contributed by atoms with Gasteiger partial charge in [0.2, 0.25) is 0 Å². The summed E-state index contributed by atoms with van der Waals surface area (Å²) in [5, 5.41) is 2.71. The van der Waals surface area contributed by atoms with Crippen LogP contribution in [0.2, 0.25) is 0 Å². The predicted octanol–water partition coefficient (Wildman–Crippen LogP) is 4.03. The maximum Gasteiger partial charge on any atom is 0.321 e. The Labute approximate surface area is 130 Å². The van der Waals surface area contributed by atoms with Crippen LogP contribution in [0.25, 0.3) is 6.08 Å². The summed E-state index contributed by atoms with van der Waals surface area (Å²) in [6.07, 6.45) is 3.20. The Kier molecular flexibility index (Phi) is 5.72. The fourth-order valence-electron chi connectivity index (χ4n) is 2.04. The van der Waals surface area contributed by atoms with Crippen LogP contribution in [0.15, 0.2) is 60.8 Å². The van der Waals surface area contributed by atoms with Crippen LogP contribution in [-0.2, 0) is 6.54 Å². The number of hydrogen-bond donors (Lipinski definition) is 1. The van der Waals surface area contributed by atoms with E-state index in [2.05, 4.69) is 5.32 Å². The first-order valence-corrected chi connectivity index (χ1v) is 7.20. The second-order valence-corrected chi connectivity index (χ2v) is 4.84. The van der Waals surface area contributed by atoms with Gasteiger partial charge in [0.25, 0.3) is 0 Å². The van der Waals surface area contributed by atoms with Gasteiger partial charge in [0.1, 0.15) is 5.82 Å². The zero-order valence-electron chi connectivity index (χ0n) is 12.5. The van der Waals surface area contributed by atoms with E-state index in [1.807, 2.05) is 37.3 Å². The number of hydrogen-bond acceptors (Lipinski definition) is 1. The van der Waals surface area contributed by atoms with E-state index in [-0.39, 0.29) is 11.8 Å². The van der Waals surface area contributed by atoms with E-state index in [1.54, 1.807) is 23.1 Å². The lowest BCUT2D eigenvalue weighted by atomic mass is 10.2. The summed E-state index contributed by atoms with van der Waals surface area (Å²) < 4.78 is 13.0. The Hall–Kier alpha value is -2.62. The predicted molar refractivity (Wildman–Crippen MR) is 86.5 cm³/mol. The lowest BCUT2D eigenvalue weighted by Gasteiger charge is -2.20. The van der Waals surface area contributed by atoms with E-state index in [9.17, 15) is 9.18 Å². The van der Waals surface area contributed by atoms with Crippen molar-refractivity contribution in [2.45, 2.75) is 13.5 Å². The van der Waals surface area contributed by atoms with E-state index in [4.69, 9.17) is 0 Å². The maximum atomic E-state index is 13.0. The molecule has 4 heteroatoms. The van der Waals surface area contributed by atoms with E-state index in [0.29, 0.717) is 18.7 Å². The molecule has 0 spiro atoms. The number of nitrogens with one attached hydrogen (secondary N) is 1. The Bertz CT molecular complexity index is 641. The van der Waals surface area contributed by atoms with Crippen molar-refractivity contribution in [3.05, 3.63) is 77.7 Å². The third kappa shape index (κ3) is 4.74. The smallest absolute Gasteiger partial charge is 0.321 e. The summed E-state index contributed by atoms with van der Waals surface area (Å²) in [5.74, 6) is -0.298. The van der Waals surface area contributed by atoms with Crippen molar-refractivity contribution in [3.63, 3.8) is 0 Å². The van der Waals surface area contributed by atoms with Crippen LogP contribution in [0.5, 0.6) is 0 Å². The largest absolute Gasteiger partial charge is 0.321 e. The second kappa shape index (κ2) is 7.98. The topological polar surface area (TPSA) is 32.3 Å². The van der Waals surface area contributed by atoms with Gasteiger partial charge in [0.15, 0.2) is 0 Å². The summed E-state index contributed by atoms with van der Waals surface area (Å²) in [7, 11) is 0. The van der Waals surface area contributed by atoms with Crippen LogP contribution in [-0.4, -0.2) is 17.5 Å². The highest BCUT2D eigenvalue weighted by molar-refractivity contribution is 5.76. The highest BCUT2D eigenvalue weighted by Gasteiger charge is 2.09. The molecular weight excluding hydrogens is 279 g/mol. The van der Waals surface area contributed by atoms with Crippen LogP contribution in [0.1, 0.15) is 18.1 Å². The molecule has 3 nitrogen and oxygen atoms in total. The van der Waals surface area contributed by atoms with Crippen molar-refractivity contribution in [1.29, 1.82) is 0 Å². The molecule has 2 aromatic rings. The standard InChI is InChI=1S/C18H19FN2O/c1-2-21(14-16-7-4-3-5-8-16)18(22)20-12-11-15-9-6-10-17(19)13-15/h3-13H,2,14H2,1H3,(H,20,22)/b12-11+. The molecule has 0 aliphatic carbocycles. The minimum Gasteiger partial charge on any atom is -0.321 e. The normalized spacial score (nSPS) is 10.6. The van der Waals surface area contributed by atoms with Crippen LogP contribution in [0.3, 0.4) is 0 Å². The summed E-state index contributed by atoms with van der Waals surface area (Å²) in [5.41, 5.74) is 1.78. The van der Waals surface area contributed by atoms with Gasteiger partial charge in [-0.15, -0.1) is 0 Å². The molecular formula is C18H19FN2O. The molecule has 2 aromatic carbocycles. The summed E-state index contributed by atoms with van der Waals surface area (Å²) >= 11 is 0. The van der Waals surface area contributed by atoms with Gasteiger partial charge in [-0.1, -0.05) is 42.5 Å². The lowest BCUT2D eigenvalue weighted by molar-refractivity contribution is 0.202. The Morgan fingerprint density at radius 1 is 1.18 bits per heavy atom. The van der Waals surface area contributed by atoms with Crippen molar-refractivity contribution in [3.8, 4) is 0 Å². The van der Waals surface area contributed by atoms with Gasteiger partial charge in [-0.05, 0) is 36.3 Å². The van der Waals surface area contributed by atoms with Crippen molar-refractivity contribution in [2.24, 2.45) is 0 Å². The molecule has 0 saturated carbocycles. The van der Waals surface area contributed by atoms with E-state index in [0.717, 1.165) is 5.56 Å². The third-order valence-corrected chi connectivity index (χ3v) is 3.22. The quantitative estimate of drug-likeness (QED) is 0.888. The van der Waals surface area contributed by atoms with E-state index >= 15 is 0 Å². The van der Waals surface area contributed by atoms with Crippen LogP contribution in [0, 0.1) is 5.82 Å². The first-order chi connectivity index (χ1) is 10.7. The van der Waals surface area contributed by atoms with Gasteiger partial charge in [0.05, 0.1) is 0 Å². The van der Waals surface area contributed by atoms with E-state index < -0.39 is 0 Å². The molecule has 1 N–H and O–H groups in total. The SMILES string of the molecule is CCN(Cc1ccccc1)C(=O)N/C=C/c1cccc(F)c1. The number of halogens is 1. The van der Waals surface area contributed by atoms with Crippen molar-refractivity contribution in [1.82, 2.24) is 10.2 Å². The average Bonchev–Trinajstić information content (AvgIpc) is 2.53. The van der Waals surface area contributed by atoms with Crippen molar-refractivity contribution >= 4 is 12.1 Å². The highest BCUT2D eigenvalue weighted by atomic mass is 19.1. The van der Waals surface area contributed by atoms with Crippen LogP contribution in [0.4, 0.5) is 9.18 Å². The number of carbonyl (C=O) groups is 1. The minimum absolute atomic E-state index is 0.181. The van der Waals surface area contributed by atoms with E-state index in [1.165, 1.54) is 18.3 Å². The van der Waals surface area contributed by atoms with Gasteiger partial charge in [-0.3, -0.25) is 0 Å². The molecule has 0 unspecified atom stereocenters. The molecule has 0 aromatic heterocycles. The van der Waals surface area contributed by atoms with Gasteiger partial charge < -0.3 is 10.2 Å². The second-order valence-electron chi connectivity index (χ2n) is 4.84. The number of nitrogens with zero attached hydrogens (tertiary/aromatic N) is 1. The monoisotopic (exact) mass is 298 g/mol. The van der Waals surface area contributed by atoms with Crippen LogP contribution < -0.4 is 5.32 Å². The molecule has 2 amide bonds. The molecule has 0 radical (unpaired) electrons. The average molecular weight is 298 g/mol. The third-order valence-electron chi connectivity index (χ3n) is 3.22. The molecule has 0 saturated heterocycles. The number of carbonyl (C=O) groups excluding carboxylic acids is 1. The fraction of sp³-hybridized carbons (Fsp3) is 0.167. The zero-order chi connectivity index (χ0) is 15.8. The molecule has 0 fully saturated rings. The molecule has 0 aliphatic rings. The van der Waals surface area contributed by atoms with Crippen molar-refractivity contribution < 1.29 is 9.18 Å². The Balaban J connectivity index is 1.92. The minimum atomic E-state index is -0.298. The van der Waals surface area contributed by atoms with Gasteiger partial charge in [-0.25, -0.2) is 9.18 Å². The molecule has 0 atom stereocenters. The molecule has 114 valence electrons. The first kappa shape index (κ1) is 15.8. The van der Waals surface area contributed by atoms with Gasteiger partial charge >= 0.3 is 6.03 Å². The first-order valence-electron chi connectivity index (χ1n) is 7.20. The van der Waals surface area contributed by atoms with Gasteiger partial charge in [0, 0.05) is 19.3 Å². The summed E-state index contributed by atoms with van der Waals surface area (Å²) in [4.78, 5) is 13.8.